The van der Waals surface area contributed by atoms with Gasteiger partial charge in [0.15, 0.2) is 11.5 Å². The van der Waals surface area contributed by atoms with Gasteiger partial charge in [0.2, 0.25) is 0 Å². The zero-order valence-corrected chi connectivity index (χ0v) is 13.5. The number of rotatable bonds is 4. The summed E-state index contributed by atoms with van der Waals surface area (Å²) in [6.45, 7) is 5.72. The SMILES string of the molecule is CCOc1cc2c(cc1OC)CCNC2c1ccc(C)cc1. The Bertz CT molecular complexity index is 649. The molecule has 2 aromatic rings. The van der Waals surface area contributed by atoms with Crippen molar-refractivity contribution in [2.24, 2.45) is 0 Å². The predicted molar refractivity (Wildman–Crippen MR) is 88.9 cm³/mol. The molecule has 1 aliphatic rings. The zero-order chi connectivity index (χ0) is 15.5. The fraction of sp³-hybridized carbons (Fsp3) is 0.368. The molecule has 0 radical (unpaired) electrons. The topological polar surface area (TPSA) is 30.5 Å². The summed E-state index contributed by atoms with van der Waals surface area (Å²) >= 11 is 0. The van der Waals surface area contributed by atoms with Gasteiger partial charge in [0.1, 0.15) is 0 Å². The first-order valence-electron chi connectivity index (χ1n) is 7.86. The number of fused-ring (bicyclic) bond motifs is 1. The van der Waals surface area contributed by atoms with Gasteiger partial charge in [-0.05, 0) is 49.1 Å². The van der Waals surface area contributed by atoms with Crippen LogP contribution in [0.4, 0.5) is 0 Å². The van der Waals surface area contributed by atoms with Gasteiger partial charge in [-0.15, -0.1) is 0 Å². The van der Waals surface area contributed by atoms with Crippen LogP contribution in [0.5, 0.6) is 11.5 Å². The third kappa shape index (κ3) is 2.81. The van der Waals surface area contributed by atoms with Crippen LogP contribution < -0.4 is 14.8 Å². The van der Waals surface area contributed by atoms with E-state index in [1.54, 1.807) is 7.11 Å². The van der Waals surface area contributed by atoms with E-state index in [2.05, 4.69) is 48.6 Å². The molecular weight excluding hydrogens is 274 g/mol. The monoisotopic (exact) mass is 297 g/mol. The Morgan fingerprint density at radius 2 is 1.91 bits per heavy atom. The average molecular weight is 297 g/mol. The molecule has 2 aromatic carbocycles. The Kier molecular flexibility index (Phi) is 4.34. The van der Waals surface area contributed by atoms with Crippen LogP contribution in [-0.4, -0.2) is 20.3 Å². The van der Waals surface area contributed by atoms with E-state index in [0.29, 0.717) is 6.61 Å². The molecule has 1 heterocycles. The fourth-order valence-corrected chi connectivity index (χ4v) is 3.05. The van der Waals surface area contributed by atoms with E-state index >= 15 is 0 Å². The summed E-state index contributed by atoms with van der Waals surface area (Å²) in [4.78, 5) is 0. The van der Waals surface area contributed by atoms with E-state index in [1.165, 1.54) is 22.3 Å². The second kappa shape index (κ2) is 6.41. The second-order valence-electron chi connectivity index (χ2n) is 5.68. The highest BCUT2D eigenvalue weighted by Crippen LogP contribution is 2.37. The van der Waals surface area contributed by atoms with Crippen molar-refractivity contribution in [2.45, 2.75) is 26.3 Å². The van der Waals surface area contributed by atoms with Gasteiger partial charge in [-0.1, -0.05) is 29.8 Å². The molecule has 0 bridgehead atoms. The predicted octanol–water partition coefficient (Wildman–Crippen LogP) is 3.64. The lowest BCUT2D eigenvalue weighted by atomic mass is 9.89. The number of hydrogen-bond acceptors (Lipinski definition) is 3. The molecular formula is C19H23NO2. The molecule has 0 amide bonds. The van der Waals surface area contributed by atoms with Crippen LogP contribution in [0.15, 0.2) is 36.4 Å². The van der Waals surface area contributed by atoms with Gasteiger partial charge in [-0.2, -0.15) is 0 Å². The van der Waals surface area contributed by atoms with Crippen molar-refractivity contribution in [1.82, 2.24) is 5.32 Å². The zero-order valence-electron chi connectivity index (χ0n) is 13.5. The van der Waals surface area contributed by atoms with E-state index < -0.39 is 0 Å². The first-order valence-corrected chi connectivity index (χ1v) is 7.86. The summed E-state index contributed by atoms with van der Waals surface area (Å²) in [5.74, 6) is 1.65. The molecule has 3 rings (SSSR count). The van der Waals surface area contributed by atoms with Gasteiger partial charge in [0, 0.05) is 6.54 Å². The van der Waals surface area contributed by atoms with Crippen LogP contribution >= 0.6 is 0 Å². The highest BCUT2D eigenvalue weighted by atomic mass is 16.5. The first-order chi connectivity index (χ1) is 10.7. The highest BCUT2D eigenvalue weighted by Gasteiger charge is 2.23. The second-order valence-corrected chi connectivity index (χ2v) is 5.68. The molecule has 116 valence electrons. The summed E-state index contributed by atoms with van der Waals surface area (Å²) in [6.07, 6.45) is 1.01. The largest absolute Gasteiger partial charge is 0.493 e. The number of ether oxygens (including phenoxy) is 2. The normalized spacial score (nSPS) is 17.0. The maximum Gasteiger partial charge on any atom is 0.161 e. The third-order valence-electron chi connectivity index (χ3n) is 4.19. The number of hydrogen-bond donors (Lipinski definition) is 1. The van der Waals surface area contributed by atoms with Gasteiger partial charge in [0.05, 0.1) is 19.8 Å². The maximum atomic E-state index is 5.74. The minimum absolute atomic E-state index is 0.217. The minimum atomic E-state index is 0.217. The molecule has 1 unspecified atom stereocenters. The van der Waals surface area contributed by atoms with Crippen molar-refractivity contribution in [2.75, 3.05) is 20.3 Å². The van der Waals surface area contributed by atoms with Crippen molar-refractivity contribution in [3.8, 4) is 11.5 Å². The lowest BCUT2D eigenvalue weighted by Crippen LogP contribution is -2.30. The van der Waals surface area contributed by atoms with Crippen molar-refractivity contribution in [3.63, 3.8) is 0 Å². The molecule has 0 aliphatic carbocycles. The van der Waals surface area contributed by atoms with E-state index in [9.17, 15) is 0 Å². The molecule has 1 N–H and O–H groups in total. The van der Waals surface area contributed by atoms with Gasteiger partial charge in [-0.25, -0.2) is 0 Å². The summed E-state index contributed by atoms with van der Waals surface area (Å²) in [6, 6.07) is 13.2. The molecule has 0 saturated heterocycles. The Morgan fingerprint density at radius 3 is 2.59 bits per heavy atom. The maximum absolute atomic E-state index is 5.74. The Labute approximate surface area is 132 Å². The average Bonchev–Trinajstić information content (AvgIpc) is 2.55. The summed E-state index contributed by atoms with van der Waals surface area (Å²) in [5.41, 5.74) is 5.20. The number of nitrogens with one attached hydrogen (secondary N) is 1. The quantitative estimate of drug-likeness (QED) is 0.934. The summed E-state index contributed by atoms with van der Waals surface area (Å²) < 4.78 is 11.2. The lowest BCUT2D eigenvalue weighted by Gasteiger charge is -2.28. The molecule has 0 saturated carbocycles. The number of methoxy groups -OCH3 is 1. The van der Waals surface area contributed by atoms with Crippen LogP contribution in [0.1, 0.15) is 35.2 Å². The van der Waals surface area contributed by atoms with Gasteiger partial charge in [0.25, 0.3) is 0 Å². The lowest BCUT2D eigenvalue weighted by molar-refractivity contribution is 0.309. The first kappa shape index (κ1) is 14.9. The molecule has 0 spiro atoms. The fourth-order valence-electron chi connectivity index (χ4n) is 3.05. The van der Waals surface area contributed by atoms with Gasteiger partial charge >= 0.3 is 0 Å². The van der Waals surface area contributed by atoms with Crippen molar-refractivity contribution in [3.05, 3.63) is 58.7 Å². The van der Waals surface area contributed by atoms with Crippen LogP contribution in [0.2, 0.25) is 0 Å². The Morgan fingerprint density at radius 1 is 1.14 bits per heavy atom. The molecule has 0 fully saturated rings. The number of benzene rings is 2. The van der Waals surface area contributed by atoms with Crippen LogP contribution in [0, 0.1) is 6.92 Å². The smallest absolute Gasteiger partial charge is 0.161 e. The van der Waals surface area contributed by atoms with E-state index in [4.69, 9.17) is 9.47 Å². The third-order valence-corrected chi connectivity index (χ3v) is 4.19. The standard InChI is InChI=1S/C19H23NO2/c1-4-22-18-12-16-15(11-17(18)21-3)9-10-20-19(16)14-7-5-13(2)6-8-14/h5-8,11-12,19-20H,4,9-10H2,1-3H3. The van der Waals surface area contributed by atoms with Crippen LogP contribution in [0.3, 0.4) is 0 Å². The van der Waals surface area contributed by atoms with E-state index in [1.807, 2.05) is 6.92 Å². The number of aryl methyl sites for hydroxylation is 1. The van der Waals surface area contributed by atoms with E-state index in [-0.39, 0.29) is 6.04 Å². The molecule has 22 heavy (non-hydrogen) atoms. The molecule has 1 aliphatic heterocycles. The highest BCUT2D eigenvalue weighted by molar-refractivity contribution is 5.51. The summed E-state index contributed by atoms with van der Waals surface area (Å²) in [5, 5.41) is 3.62. The van der Waals surface area contributed by atoms with Crippen molar-refractivity contribution in [1.29, 1.82) is 0 Å². The Balaban J connectivity index is 2.04. The van der Waals surface area contributed by atoms with Gasteiger partial charge in [-0.3, -0.25) is 0 Å². The molecule has 3 nitrogen and oxygen atoms in total. The van der Waals surface area contributed by atoms with Crippen LogP contribution in [0.25, 0.3) is 0 Å². The van der Waals surface area contributed by atoms with Gasteiger partial charge < -0.3 is 14.8 Å². The summed E-state index contributed by atoms with van der Waals surface area (Å²) in [7, 11) is 1.70. The molecule has 3 heteroatoms. The molecule has 1 atom stereocenters. The van der Waals surface area contributed by atoms with Crippen LogP contribution in [-0.2, 0) is 6.42 Å². The van der Waals surface area contributed by atoms with E-state index in [0.717, 1.165) is 24.5 Å². The van der Waals surface area contributed by atoms with Crippen molar-refractivity contribution < 1.29 is 9.47 Å². The molecule has 0 aromatic heterocycles. The minimum Gasteiger partial charge on any atom is -0.493 e. The Hall–Kier alpha value is -2.00. The van der Waals surface area contributed by atoms with Crippen molar-refractivity contribution >= 4 is 0 Å².